The van der Waals surface area contributed by atoms with E-state index < -0.39 is 0 Å². The maximum atomic E-state index is 11.9. The van der Waals surface area contributed by atoms with Crippen molar-refractivity contribution in [1.29, 1.82) is 0 Å². The van der Waals surface area contributed by atoms with Crippen molar-refractivity contribution in [3.05, 3.63) is 33.8 Å². The van der Waals surface area contributed by atoms with Gasteiger partial charge in [-0.2, -0.15) is 0 Å². The lowest BCUT2D eigenvalue weighted by Gasteiger charge is -2.08. The highest BCUT2D eigenvalue weighted by molar-refractivity contribution is 9.10. The minimum Gasteiger partial charge on any atom is -0.352 e. The predicted octanol–water partition coefficient (Wildman–Crippen LogP) is 4.31. The third-order valence-corrected chi connectivity index (χ3v) is 3.52. The predicted molar refractivity (Wildman–Crippen MR) is 79.9 cm³/mol. The quantitative estimate of drug-likeness (QED) is 0.779. The summed E-state index contributed by atoms with van der Waals surface area (Å²) in [7, 11) is 0. The van der Waals surface area contributed by atoms with Crippen LogP contribution in [0.3, 0.4) is 0 Å². The van der Waals surface area contributed by atoms with Crippen LogP contribution in [0.4, 0.5) is 0 Å². The van der Waals surface area contributed by atoms with Gasteiger partial charge < -0.3 is 5.32 Å². The van der Waals surface area contributed by atoms with Gasteiger partial charge in [-0.05, 0) is 52.9 Å². The van der Waals surface area contributed by atoms with Gasteiger partial charge in [0, 0.05) is 11.0 Å². The van der Waals surface area contributed by atoms with Gasteiger partial charge in [-0.3, -0.25) is 4.79 Å². The van der Waals surface area contributed by atoms with Crippen LogP contribution in [-0.2, 0) is 0 Å². The van der Waals surface area contributed by atoms with Gasteiger partial charge in [0.15, 0.2) is 0 Å². The van der Waals surface area contributed by atoms with Gasteiger partial charge in [0.1, 0.15) is 0 Å². The van der Waals surface area contributed by atoms with Crippen molar-refractivity contribution in [3.8, 4) is 0 Å². The second kappa shape index (κ2) is 7.57. The van der Waals surface area contributed by atoms with Gasteiger partial charge in [-0.1, -0.05) is 32.8 Å². The molecule has 1 N–H and O–H groups in total. The summed E-state index contributed by atoms with van der Waals surface area (Å²) in [5, 5.41) is 2.96. The highest BCUT2D eigenvalue weighted by Gasteiger charge is 2.08. The Kier molecular flexibility index (Phi) is 6.41. The first-order chi connectivity index (χ1) is 8.50. The van der Waals surface area contributed by atoms with E-state index in [-0.39, 0.29) is 5.91 Å². The molecule has 0 radical (unpaired) electrons. The average molecular weight is 312 g/mol. The summed E-state index contributed by atoms with van der Waals surface area (Å²) >= 11 is 3.43. The molecule has 0 aromatic heterocycles. The summed E-state index contributed by atoms with van der Waals surface area (Å²) in [4.78, 5) is 11.9. The maximum Gasteiger partial charge on any atom is 0.252 e. The zero-order chi connectivity index (χ0) is 13.5. The second-order valence-electron chi connectivity index (χ2n) is 5.13. The van der Waals surface area contributed by atoms with E-state index in [0.29, 0.717) is 5.56 Å². The molecule has 0 unspecified atom stereocenters. The zero-order valence-corrected chi connectivity index (χ0v) is 13.0. The Morgan fingerprint density at radius 3 is 2.67 bits per heavy atom. The van der Waals surface area contributed by atoms with Gasteiger partial charge in [-0.25, -0.2) is 0 Å². The van der Waals surface area contributed by atoms with Crippen LogP contribution in [-0.4, -0.2) is 12.5 Å². The van der Waals surface area contributed by atoms with Crippen LogP contribution < -0.4 is 5.32 Å². The SMILES string of the molecule is Cc1ccc(C(=O)NCCCCC(C)C)c(Br)c1. The summed E-state index contributed by atoms with van der Waals surface area (Å²) in [6, 6.07) is 5.79. The van der Waals surface area contributed by atoms with Crippen LogP contribution >= 0.6 is 15.9 Å². The summed E-state index contributed by atoms with van der Waals surface area (Å²) in [5.74, 6) is 0.748. The lowest BCUT2D eigenvalue weighted by molar-refractivity contribution is 0.0952. The van der Waals surface area contributed by atoms with E-state index in [9.17, 15) is 4.79 Å². The highest BCUT2D eigenvalue weighted by atomic mass is 79.9. The number of nitrogens with one attached hydrogen (secondary N) is 1. The van der Waals surface area contributed by atoms with Crippen LogP contribution in [0.5, 0.6) is 0 Å². The largest absolute Gasteiger partial charge is 0.352 e. The molecule has 1 rings (SSSR count). The molecule has 0 heterocycles. The first kappa shape index (κ1) is 15.2. The van der Waals surface area contributed by atoms with Gasteiger partial charge in [0.2, 0.25) is 0 Å². The van der Waals surface area contributed by atoms with E-state index in [1.165, 1.54) is 12.8 Å². The number of amides is 1. The highest BCUT2D eigenvalue weighted by Crippen LogP contribution is 2.18. The molecule has 3 heteroatoms. The number of hydrogen-bond donors (Lipinski definition) is 1. The molecule has 0 atom stereocenters. The Balaban J connectivity index is 2.36. The van der Waals surface area contributed by atoms with Crippen LogP contribution in [0, 0.1) is 12.8 Å². The molecule has 0 saturated heterocycles. The standard InChI is InChI=1S/C15H22BrNO/c1-11(2)6-4-5-9-17-15(18)13-8-7-12(3)10-14(13)16/h7-8,10-11H,4-6,9H2,1-3H3,(H,17,18). The van der Waals surface area contributed by atoms with Crippen molar-refractivity contribution >= 4 is 21.8 Å². The van der Waals surface area contributed by atoms with Crippen molar-refractivity contribution in [3.63, 3.8) is 0 Å². The molecule has 0 fully saturated rings. The molecular formula is C15H22BrNO. The van der Waals surface area contributed by atoms with E-state index in [1.807, 2.05) is 25.1 Å². The van der Waals surface area contributed by atoms with Crippen molar-refractivity contribution < 1.29 is 4.79 Å². The lowest BCUT2D eigenvalue weighted by Crippen LogP contribution is -2.24. The Labute approximate surface area is 118 Å². The fraction of sp³-hybridized carbons (Fsp3) is 0.533. The Hall–Kier alpha value is -0.830. The third-order valence-electron chi connectivity index (χ3n) is 2.86. The smallest absolute Gasteiger partial charge is 0.252 e. The molecule has 100 valence electrons. The van der Waals surface area contributed by atoms with E-state index in [1.54, 1.807) is 0 Å². The number of carbonyl (C=O) groups excluding carboxylic acids is 1. The third kappa shape index (κ3) is 5.21. The van der Waals surface area contributed by atoms with E-state index >= 15 is 0 Å². The van der Waals surface area contributed by atoms with E-state index in [0.717, 1.165) is 28.9 Å². The van der Waals surface area contributed by atoms with Crippen LogP contribution in [0.25, 0.3) is 0 Å². The van der Waals surface area contributed by atoms with Gasteiger partial charge in [-0.15, -0.1) is 0 Å². The zero-order valence-electron chi connectivity index (χ0n) is 11.4. The van der Waals surface area contributed by atoms with Crippen LogP contribution in [0.15, 0.2) is 22.7 Å². The minimum absolute atomic E-state index is 0.00595. The van der Waals surface area contributed by atoms with Crippen molar-refractivity contribution in [2.24, 2.45) is 5.92 Å². The number of hydrogen-bond acceptors (Lipinski definition) is 1. The molecule has 0 aliphatic heterocycles. The fourth-order valence-corrected chi connectivity index (χ4v) is 2.45. The number of benzene rings is 1. The Morgan fingerprint density at radius 2 is 2.06 bits per heavy atom. The molecule has 1 aromatic carbocycles. The summed E-state index contributed by atoms with van der Waals surface area (Å²) in [5.41, 5.74) is 1.86. The molecule has 0 aliphatic rings. The molecule has 0 aliphatic carbocycles. The number of rotatable bonds is 6. The molecular weight excluding hydrogens is 290 g/mol. The van der Waals surface area contributed by atoms with Crippen LogP contribution in [0.2, 0.25) is 0 Å². The normalized spacial score (nSPS) is 10.7. The van der Waals surface area contributed by atoms with E-state index in [2.05, 4.69) is 35.1 Å². The fourth-order valence-electron chi connectivity index (χ4n) is 1.78. The van der Waals surface area contributed by atoms with E-state index in [4.69, 9.17) is 0 Å². The minimum atomic E-state index is 0.00595. The molecule has 18 heavy (non-hydrogen) atoms. The molecule has 2 nitrogen and oxygen atoms in total. The second-order valence-corrected chi connectivity index (χ2v) is 5.98. The summed E-state index contributed by atoms with van der Waals surface area (Å²) in [6.45, 7) is 7.22. The molecule has 0 spiro atoms. The molecule has 0 bridgehead atoms. The first-order valence-electron chi connectivity index (χ1n) is 6.55. The topological polar surface area (TPSA) is 29.1 Å². The van der Waals surface area contributed by atoms with Gasteiger partial charge in [0.05, 0.1) is 5.56 Å². The van der Waals surface area contributed by atoms with Crippen molar-refractivity contribution in [1.82, 2.24) is 5.32 Å². The number of unbranched alkanes of at least 4 members (excludes halogenated alkanes) is 1. The Morgan fingerprint density at radius 1 is 1.33 bits per heavy atom. The molecule has 1 aromatic rings. The first-order valence-corrected chi connectivity index (χ1v) is 7.34. The number of aryl methyl sites for hydroxylation is 1. The van der Waals surface area contributed by atoms with Crippen LogP contribution in [0.1, 0.15) is 49.0 Å². The molecule has 1 amide bonds. The number of halogens is 1. The number of carbonyl (C=O) groups is 1. The van der Waals surface area contributed by atoms with Gasteiger partial charge in [0.25, 0.3) is 5.91 Å². The summed E-state index contributed by atoms with van der Waals surface area (Å²) < 4.78 is 0.863. The lowest BCUT2D eigenvalue weighted by atomic mass is 10.1. The maximum absolute atomic E-state index is 11.9. The Bertz CT molecular complexity index is 401. The average Bonchev–Trinajstić information content (AvgIpc) is 2.27. The van der Waals surface area contributed by atoms with Crippen molar-refractivity contribution in [2.45, 2.75) is 40.0 Å². The summed E-state index contributed by atoms with van der Waals surface area (Å²) in [6.07, 6.45) is 3.45. The monoisotopic (exact) mass is 311 g/mol. The van der Waals surface area contributed by atoms with Gasteiger partial charge >= 0.3 is 0 Å². The molecule has 0 saturated carbocycles. The van der Waals surface area contributed by atoms with Crippen molar-refractivity contribution in [2.75, 3.05) is 6.54 Å².